The quantitative estimate of drug-likeness (QED) is 0.663. The summed E-state index contributed by atoms with van der Waals surface area (Å²) in [4.78, 5) is 13.0. The van der Waals surface area contributed by atoms with Crippen molar-refractivity contribution in [2.24, 2.45) is 5.14 Å². The Hall–Kier alpha value is -1.80. The first-order valence-electron chi connectivity index (χ1n) is 5.53. The maximum Gasteiger partial charge on any atom is 0.244 e. The topological polar surface area (TPSA) is 119 Å². The zero-order valence-corrected chi connectivity index (χ0v) is 11.9. The summed E-state index contributed by atoms with van der Waals surface area (Å²) >= 11 is 0. The molecular formula is C11H18N4O3S. The van der Waals surface area contributed by atoms with Gasteiger partial charge < -0.3 is 16.0 Å². The summed E-state index contributed by atoms with van der Waals surface area (Å²) in [5, 5.41) is 7.94. The molecule has 1 aromatic carbocycles. The third-order valence-electron chi connectivity index (χ3n) is 2.50. The fourth-order valence-corrected chi connectivity index (χ4v) is 2.31. The number of nitrogens with zero attached hydrogens (tertiary/aromatic N) is 1. The second kappa shape index (κ2) is 5.45. The minimum absolute atomic E-state index is 0.133. The van der Waals surface area contributed by atoms with Gasteiger partial charge in [0.05, 0.1) is 5.69 Å². The third-order valence-corrected chi connectivity index (χ3v) is 3.45. The van der Waals surface area contributed by atoms with Gasteiger partial charge in [-0.2, -0.15) is 0 Å². The Morgan fingerprint density at radius 2 is 1.95 bits per heavy atom. The molecular weight excluding hydrogens is 268 g/mol. The second-order valence-corrected chi connectivity index (χ2v) is 5.93. The van der Waals surface area contributed by atoms with E-state index >= 15 is 0 Å². The molecule has 0 aromatic heterocycles. The number of nitrogens with one attached hydrogen (secondary N) is 1. The molecule has 1 rings (SSSR count). The molecule has 19 heavy (non-hydrogen) atoms. The van der Waals surface area contributed by atoms with Gasteiger partial charge in [-0.05, 0) is 25.1 Å². The van der Waals surface area contributed by atoms with Crippen LogP contribution in [0, 0.1) is 0 Å². The SMILES string of the molecule is CC(Nc1ccc(N)cc1S(N)(=O)=O)C(=O)N(C)C. The predicted octanol–water partition coefficient (Wildman–Crippen LogP) is -0.195. The Balaban J connectivity index is 3.12. The molecule has 7 nitrogen and oxygen atoms in total. The van der Waals surface area contributed by atoms with Crippen LogP contribution >= 0.6 is 0 Å². The van der Waals surface area contributed by atoms with Crippen molar-refractivity contribution in [3.8, 4) is 0 Å². The molecule has 1 atom stereocenters. The lowest BCUT2D eigenvalue weighted by atomic mass is 10.2. The molecule has 0 spiro atoms. The van der Waals surface area contributed by atoms with Gasteiger partial charge in [-0.1, -0.05) is 0 Å². The van der Waals surface area contributed by atoms with Crippen molar-refractivity contribution < 1.29 is 13.2 Å². The van der Waals surface area contributed by atoms with Crippen LogP contribution in [0.25, 0.3) is 0 Å². The Morgan fingerprint density at radius 3 is 2.42 bits per heavy atom. The highest BCUT2D eigenvalue weighted by molar-refractivity contribution is 7.89. The van der Waals surface area contributed by atoms with Crippen LogP contribution in [0.1, 0.15) is 6.92 Å². The molecule has 1 aromatic rings. The number of likely N-dealkylation sites (N-methyl/N-ethyl adjacent to an activating group) is 1. The number of amides is 1. The van der Waals surface area contributed by atoms with E-state index in [2.05, 4.69) is 5.32 Å². The van der Waals surface area contributed by atoms with Crippen LogP contribution in [0.4, 0.5) is 11.4 Å². The first kappa shape index (κ1) is 15.3. The molecule has 106 valence electrons. The van der Waals surface area contributed by atoms with Crippen molar-refractivity contribution in [1.29, 1.82) is 0 Å². The number of anilines is 2. The molecule has 0 bridgehead atoms. The van der Waals surface area contributed by atoms with E-state index in [-0.39, 0.29) is 22.2 Å². The van der Waals surface area contributed by atoms with Gasteiger partial charge in [0.2, 0.25) is 15.9 Å². The van der Waals surface area contributed by atoms with Gasteiger partial charge in [-0.25, -0.2) is 13.6 Å². The molecule has 8 heteroatoms. The van der Waals surface area contributed by atoms with Crippen molar-refractivity contribution in [2.45, 2.75) is 17.9 Å². The number of benzene rings is 1. The van der Waals surface area contributed by atoms with Crippen molar-refractivity contribution >= 4 is 27.3 Å². The lowest BCUT2D eigenvalue weighted by Gasteiger charge is -2.20. The minimum Gasteiger partial charge on any atom is -0.399 e. The van der Waals surface area contributed by atoms with E-state index in [9.17, 15) is 13.2 Å². The Morgan fingerprint density at radius 1 is 1.37 bits per heavy atom. The number of hydrogen-bond acceptors (Lipinski definition) is 5. The van der Waals surface area contributed by atoms with Crippen LogP contribution in [-0.4, -0.2) is 39.4 Å². The number of hydrogen-bond donors (Lipinski definition) is 3. The monoisotopic (exact) mass is 286 g/mol. The molecule has 0 saturated heterocycles. The molecule has 0 aliphatic rings. The fraction of sp³-hybridized carbons (Fsp3) is 0.364. The predicted molar refractivity (Wildman–Crippen MR) is 74.0 cm³/mol. The molecule has 0 fully saturated rings. The molecule has 0 radical (unpaired) electrons. The van der Waals surface area contributed by atoms with Crippen molar-refractivity contribution in [3.63, 3.8) is 0 Å². The van der Waals surface area contributed by atoms with E-state index in [1.54, 1.807) is 21.0 Å². The summed E-state index contributed by atoms with van der Waals surface area (Å²) < 4.78 is 23.0. The highest BCUT2D eigenvalue weighted by atomic mass is 32.2. The maximum atomic E-state index is 11.7. The second-order valence-electron chi connectivity index (χ2n) is 4.40. The molecule has 5 N–H and O–H groups in total. The lowest BCUT2D eigenvalue weighted by Crippen LogP contribution is -2.37. The van der Waals surface area contributed by atoms with E-state index in [0.29, 0.717) is 0 Å². The number of carbonyl (C=O) groups excluding carboxylic acids is 1. The summed E-state index contributed by atoms with van der Waals surface area (Å²) in [6.45, 7) is 1.63. The maximum absolute atomic E-state index is 11.7. The van der Waals surface area contributed by atoms with Gasteiger partial charge in [0.25, 0.3) is 0 Å². The van der Waals surface area contributed by atoms with Crippen LogP contribution < -0.4 is 16.2 Å². The molecule has 0 heterocycles. The van der Waals surface area contributed by atoms with Crippen LogP contribution in [0.2, 0.25) is 0 Å². The van der Waals surface area contributed by atoms with Gasteiger partial charge in [0.15, 0.2) is 0 Å². The average Bonchev–Trinajstić information content (AvgIpc) is 2.28. The molecule has 0 aliphatic heterocycles. The Labute approximate surface area is 112 Å². The van der Waals surface area contributed by atoms with Crippen LogP contribution in [0.3, 0.4) is 0 Å². The number of nitrogens with two attached hydrogens (primary N) is 2. The number of sulfonamides is 1. The number of carbonyl (C=O) groups is 1. The highest BCUT2D eigenvalue weighted by Gasteiger charge is 2.19. The van der Waals surface area contributed by atoms with Gasteiger partial charge >= 0.3 is 0 Å². The highest BCUT2D eigenvalue weighted by Crippen LogP contribution is 2.23. The summed E-state index contributed by atoms with van der Waals surface area (Å²) in [5.74, 6) is -0.183. The van der Waals surface area contributed by atoms with Crippen molar-refractivity contribution in [1.82, 2.24) is 4.90 Å². The van der Waals surface area contributed by atoms with Gasteiger partial charge in [-0.15, -0.1) is 0 Å². The van der Waals surface area contributed by atoms with E-state index in [1.807, 2.05) is 0 Å². The lowest BCUT2D eigenvalue weighted by molar-refractivity contribution is -0.129. The molecule has 1 unspecified atom stereocenters. The smallest absolute Gasteiger partial charge is 0.244 e. The normalized spacial score (nSPS) is 12.8. The van der Waals surface area contributed by atoms with E-state index in [0.717, 1.165) is 0 Å². The summed E-state index contributed by atoms with van der Waals surface area (Å²) in [6, 6.07) is 3.68. The zero-order chi connectivity index (χ0) is 14.8. The molecule has 0 saturated carbocycles. The van der Waals surface area contributed by atoms with E-state index in [4.69, 9.17) is 10.9 Å². The fourth-order valence-electron chi connectivity index (χ4n) is 1.58. The average molecular weight is 286 g/mol. The van der Waals surface area contributed by atoms with Crippen LogP contribution in [-0.2, 0) is 14.8 Å². The number of primary sulfonamides is 1. The standard InChI is InChI=1S/C11H18N4O3S/c1-7(11(16)15(2)3)14-9-5-4-8(12)6-10(9)19(13,17)18/h4-7,14H,12H2,1-3H3,(H2,13,17,18). The molecule has 1 amide bonds. The van der Waals surface area contributed by atoms with Crippen LogP contribution in [0.5, 0.6) is 0 Å². The van der Waals surface area contributed by atoms with Crippen LogP contribution in [0.15, 0.2) is 23.1 Å². The minimum atomic E-state index is -3.91. The van der Waals surface area contributed by atoms with Crippen molar-refractivity contribution in [3.05, 3.63) is 18.2 Å². The first-order chi connectivity index (χ1) is 8.62. The largest absolute Gasteiger partial charge is 0.399 e. The molecule has 0 aliphatic carbocycles. The zero-order valence-electron chi connectivity index (χ0n) is 11.0. The van der Waals surface area contributed by atoms with Gasteiger partial charge in [0.1, 0.15) is 10.9 Å². The van der Waals surface area contributed by atoms with E-state index in [1.165, 1.54) is 23.1 Å². The van der Waals surface area contributed by atoms with Gasteiger partial charge in [-0.3, -0.25) is 4.79 Å². The van der Waals surface area contributed by atoms with Crippen molar-refractivity contribution in [2.75, 3.05) is 25.1 Å². The summed E-state index contributed by atoms with van der Waals surface area (Å²) in [5.41, 5.74) is 6.07. The Kier molecular flexibility index (Phi) is 4.38. The van der Waals surface area contributed by atoms with Gasteiger partial charge in [0, 0.05) is 19.8 Å². The third kappa shape index (κ3) is 3.83. The summed E-state index contributed by atoms with van der Waals surface area (Å²) in [6.07, 6.45) is 0. The summed E-state index contributed by atoms with van der Waals surface area (Å²) in [7, 11) is -0.685. The number of nitrogen functional groups attached to an aromatic ring is 1. The number of rotatable bonds is 4. The first-order valence-corrected chi connectivity index (χ1v) is 7.07. The van der Waals surface area contributed by atoms with E-state index < -0.39 is 16.1 Å². The Bertz CT molecular complexity index is 584.